The summed E-state index contributed by atoms with van der Waals surface area (Å²) >= 11 is 0. The van der Waals surface area contributed by atoms with Crippen molar-refractivity contribution in [1.29, 1.82) is 0 Å². The third kappa shape index (κ3) is 3.36. The van der Waals surface area contributed by atoms with Gasteiger partial charge in [-0.1, -0.05) is 12.5 Å². The first kappa shape index (κ1) is 13.3. The first-order valence-corrected chi connectivity index (χ1v) is 4.90. The standard InChI is InChI=1S/C13H12F3N/c1-4-5-17(3)8-9(2)10-6-12(15)13(16)7-11(10)14/h1,6-7H,2,5,8H2,3H3. The summed E-state index contributed by atoms with van der Waals surface area (Å²) in [6.45, 7) is 4.29. The smallest absolute Gasteiger partial charge is 0.161 e. The molecule has 0 heterocycles. The summed E-state index contributed by atoms with van der Waals surface area (Å²) in [4.78, 5) is 1.71. The van der Waals surface area contributed by atoms with Gasteiger partial charge >= 0.3 is 0 Å². The van der Waals surface area contributed by atoms with E-state index < -0.39 is 17.5 Å². The first-order valence-electron chi connectivity index (χ1n) is 4.90. The number of likely N-dealkylation sites (N-methyl/N-ethyl adjacent to an activating group) is 1. The summed E-state index contributed by atoms with van der Waals surface area (Å²) < 4.78 is 39.1. The molecule has 1 nitrogen and oxygen atoms in total. The number of hydrogen-bond acceptors (Lipinski definition) is 1. The number of halogens is 3. The Hall–Kier alpha value is -1.73. The normalized spacial score (nSPS) is 10.4. The molecule has 0 amide bonds. The topological polar surface area (TPSA) is 3.24 Å². The lowest BCUT2D eigenvalue weighted by Crippen LogP contribution is -2.20. The zero-order valence-electron chi connectivity index (χ0n) is 9.43. The molecule has 0 aliphatic carbocycles. The summed E-state index contributed by atoms with van der Waals surface area (Å²) in [6, 6.07) is 1.31. The Bertz CT molecular complexity index is 474. The minimum absolute atomic E-state index is 0.0345. The molecule has 4 heteroatoms. The van der Waals surface area contributed by atoms with E-state index in [9.17, 15) is 13.2 Å². The highest BCUT2D eigenvalue weighted by atomic mass is 19.2. The third-order valence-corrected chi connectivity index (χ3v) is 2.21. The summed E-state index contributed by atoms with van der Waals surface area (Å²) in [5, 5.41) is 0. The molecular formula is C13H12F3N. The molecule has 0 unspecified atom stereocenters. The summed E-state index contributed by atoms with van der Waals surface area (Å²) in [5.74, 6) is -0.721. The molecular weight excluding hydrogens is 227 g/mol. The molecule has 0 atom stereocenters. The van der Waals surface area contributed by atoms with Crippen molar-refractivity contribution in [2.24, 2.45) is 0 Å². The summed E-state index contributed by atoms with van der Waals surface area (Å²) in [5.41, 5.74) is 0.312. The van der Waals surface area contributed by atoms with Gasteiger partial charge in [-0.3, -0.25) is 4.90 Å². The van der Waals surface area contributed by atoms with Crippen LogP contribution >= 0.6 is 0 Å². The van der Waals surface area contributed by atoms with E-state index in [2.05, 4.69) is 12.5 Å². The van der Waals surface area contributed by atoms with Crippen LogP contribution in [0.25, 0.3) is 5.57 Å². The lowest BCUT2D eigenvalue weighted by Gasteiger charge is -2.15. The van der Waals surface area contributed by atoms with Gasteiger partial charge in [-0.05, 0) is 18.7 Å². The molecule has 1 aromatic rings. The van der Waals surface area contributed by atoms with Crippen LogP contribution in [-0.2, 0) is 0 Å². The zero-order valence-corrected chi connectivity index (χ0v) is 9.43. The van der Waals surface area contributed by atoms with E-state index in [1.54, 1.807) is 11.9 Å². The van der Waals surface area contributed by atoms with Gasteiger partial charge in [0.1, 0.15) is 5.82 Å². The molecule has 0 saturated heterocycles. The van der Waals surface area contributed by atoms with Crippen molar-refractivity contribution in [3.05, 3.63) is 41.7 Å². The van der Waals surface area contributed by atoms with E-state index in [1.807, 2.05) is 0 Å². The van der Waals surface area contributed by atoms with Gasteiger partial charge in [0.25, 0.3) is 0 Å². The number of hydrogen-bond donors (Lipinski definition) is 0. The van der Waals surface area contributed by atoms with Crippen LogP contribution in [0, 0.1) is 29.8 Å². The molecule has 0 fully saturated rings. The van der Waals surface area contributed by atoms with E-state index in [0.717, 1.165) is 6.07 Å². The fourth-order valence-electron chi connectivity index (χ4n) is 1.42. The Morgan fingerprint density at radius 2 is 1.88 bits per heavy atom. The quantitative estimate of drug-likeness (QED) is 0.576. The molecule has 1 aromatic carbocycles. The van der Waals surface area contributed by atoms with Crippen molar-refractivity contribution in [1.82, 2.24) is 4.90 Å². The minimum Gasteiger partial charge on any atom is -0.291 e. The second kappa shape index (κ2) is 5.55. The third-order valence-electron chi connectivity index (χ3n) is 2.21. The minimum atomic E-state index is -1.21. The van der Waals surface area contributed by atoms with Gasteiger partial charge in [0.15, 0.2) is 11.6 Å². The second-order valence-corrected chi connectivity index (χ2v) is 3.73. The first-order chi connectivity index (χ1) is 7.95. The molecule has 0 N–H and O–H groups in total. The van der Waals surface area contributed by atoms with Crippen LogP contribution in [0.15, 0.2) is 18.7 Å². The number of nitrogens with zero attached hydrogens (tertiary/aromatic N) is 1. The molecule has 0 aromatic heterocycles. The van der Waals surface area contributed by atoms with Gasteiger partial charge in [0.05, 0.1) is 6.54 Å². The largest absolute Gasteiger partial charge is 0.291 e. The highest BCUT2D eigenvalue weighted by Gasteiger charge is 2.13. The Morgan fingerprint density at radius 3 is 2.47 bits per heavy atom. The predicted molar refractivity (Wildman–Crippen MR) is 61.7 cm³/mol. The fraction of sp³-hybridized carbons (Fsp3) is 0.231. The SMILES string of the molecule is C#CCN(C)CC(=C)c1cc(F)c(F)cc1F. The van der Waals surface area contributed by atoms with E-state index in [-0.39, 0.29) is 12.1 Å². The summed E-state index contributed by atoms with van der Waals surface area (Å²) in [7, 11) is 1.73. The molecule has 0 spiro atoms. The lowest BCUT2D eigenvalue weighted by molar-refractivity contribution is 0.424. The van der Waals surface area contributed by atoms with Crippen LogP contribution in [0.3, 0.4) is 0 Å². The number of rotatable bonds is 4. The molecule has 0 aliphatic rings. The molecule has 0 bridgehead atoms. The maximum Gasteiger partial charge on any atom is 0.161 e. The van der Waals surface area contributed by atoms with E-state index >= 15 is 0 Å². The van der Waals surface area contributed by atoms with Crippen molar-refractivity contribution in [3.8, 4) is 12.3 Å². The molecule has 1 rings (SSSR count). The lowest BCUT2D eigenvalue weighted by atomic mass is 10.1. The monoisotopic (exact) mass is 239 g/mol. The average Bonchev–Trinajstić information content (AvgIpc) is 2.23. The maximum atomic E-state index is 13.4. The van der Waals surface area contributed by atoms with Gasteiger partial charge in [-0.25, -0.2) is 13.2 Å². The molecule has 90 valence electrons. The van der Waals surface area contributed by atoms with E-state index in [1.165, 1.54) is 0 Å². The Kier molecular flexibility index (Phi) is 4.36. The zero-order chi connectivity index (χ0) is 13.0. The van der Waals surface area contributed by atoms with E-state index in [4.69, 9.17) is 6.42 Å². The van der Waals surface area contributed by atoms with Crippen LogP contribution in [-0.4, -0.2) is 25.0 Å². The van der Waals surface area contributed by atoms with Crippen LogP contribution < -0.4 is 0 Å². The van der Waals surface area contributed by atoms with Gasteiger partial charge in [0, 0.05) is 18.2 Å². The van der Waals surface area contributed by atoms with Crippen molar-refractivity contribution >= 4 is 5.57 Å². The van der Waals surface area contributed by atoms with Crippen molar-refractivity contribution in [3.63, 3.8) is 0 Å². The van der Waals surface area contributed by atoms with Crippen molar-refractivity contribution in [2.45, 2.75) is 0 Å². The fourth-order valence-corrected chi connectivity index (χ4v) is 1.42. The van der Waals surface area contributed by atoms with Crippen molar-refractivity contribution in [2.75, 3.05) is 20.1 Å². The van der Waals surface area contributed by atoms with Gasteiger partial charge < -0.3 is 0 Å². The molecule has 0 saturated carbocycles. The molecule has 0 aliphatic heterocycles. The maximum absolute atomic E-state index is 13.4. The van der Waals surface area contributed by atoms with Crippen LogP contribution in [0.5, 0.6) is 0 Å². The van der Waals surface area contributed by atoms with Gasteiger partial charge in [0.2, 0.25) is 0 Å². The van der Waals surface area contributed by atoms with Gasteiger partial charge in [-0.15, -0.1) is 6.42 Å². The highest BCUT2D eigenvalue weighted by Crippen LogP contribution is 2.20. The van der Waals surface area contributed by atoms with Gasteiger partial charge in [-0.2, -0.15) is 0 Å². The second-order valence-electron chi connectivity index (χ2n) is 3.73. The predicted octanol–water partition coefficient (Wildman–Crippen LogP) is 2.68. The Balaban J connectivity index is 2.90. The Morgan fingerprint density at radius 1 is 1.29 bits per heavy atom. The van der Waals surface area contributed by atoms with Crippen LogP contribution in [0.1, 0.15) is 5.56 Å². The summed E-state index contributed by atoms with van der Waals surface area (Å²) in [6.07, 6.45) is 5.11. The van der Waals surface area contributed by atoms with E-state index in [0.29, 0.717) is 18.2 Å². The van der Waals surface area contributed by atoms with Crippen molar-refractivity contribution < 1.29 is 13.2 Å². The highest BCUT2D eigenvalue weighted by molar-refractivity contribution is 5.65. The molecule has 17 heavy (non-hydrogen) atoms. The average molecular weight is 239 g/mol. The van der Waals surface area contributed by atoms with Crippen LogP contribution in [0.2, 0.25) is 0 Å². The molecule has 0 radical (unpaired) electrons. The van der Waals surface area contributed by atoms with Crippen LogP contribution in [0.4, 0.5) is 13.2 Å². The number of terminal acetylenes is 1. The number of benzene rings is 1. The Labute approximate surface area is 98.6 Å².